The van der Waals surface area contributed by atoms with Crippen molar-refractivity contribution in [2.75, 3.05) is 4.90 Å². The Bertz CT molecular complexity index is 1170. The number of nitrogens with zero attached hydrogens (tertiary/aromatic N) is 3. The minimum Gasteiger partial charge on any atom is -0.274 e. The summed E-state index contributed by atoms with van der Waals surface area (Å²) in [7, 11) is 0. The van der Waals surface area contributed by atoms with Gasteiger partial charge in [0.1, 0.15) is 0 Å². The van der Waals surface area contributed by atoms with Crippen LogP contribution in [-0.2, 0) is 22.6 Å². The van der Waals surface area contributed by atoms with Crippen molar-refractivity contribution in [3.63, 3.8) is 0 Å². The molecule has 1 aromatic carbocycles. The van der Waals surface area contributed by atoms with E-state index in [9.17, 15) is 14.4 Å². The maximum Gasteiger partial charge on any atom is 0.293 e. The summed E-state index contributed by atoms with van der Waals surface area (Å²) in [4.78, 5) is 46.3. The zero-order chi connectivity index (χ0) is 22.0. The van der Waals surface area contributed by atoms with Gasteiger partial charge in [-0.1, -0.05) is 31.2 Å². The molecule has 1 aliphatic heterocycles. The molecule has 0 N–H and O–H groups in total. The van der Waals surface area contributed by atoms with Crippen molar-refractivity contribution in [3.8, 4) is 0 Å². The second-order valence-electron chi connectivity index (χ2n) is 6.74. The maximum absolute atomic E-state index is 12.7. The first-order chi connectivity index (χ1) is 15.0. The number of imide groups is 1. The summed E-state index contributed by atoms with van der Waals surface area (Å²) in [5, 5.41) is 3.91. The van der Waals surface area contributed by atoms with Crippen LogP contribution in [0.2, 0.25) is 0 Å². The van der Waals surface area contributed by atoms with Crippen LogP contribution >= 0.6 is 34.4 Å². The lowest BCUT2D eigenvalue weighted by atomic mass is 10.1. The Morgan fingerprint density at radius 1 is 1.16 bits per heavy atom. The predicted octanol–water partition coefficient (Wildman–Crippen LogP) is 5.69. The average molecular weight is 470 g/mol. The fourth-order valence-electron chi connectivity index (χ4n) is 3.21. The molecule has 1 aliphatic rings. The molecule has 3 amide bonds. The number of aromatic nitrogens is 1. The number of para-hydroxylation sites is 1. The molecular formula is C22H19N3O3S3. The van der Waals surface area contributed by atoms with Gasteiger partial charge in [0, 0.05) is 17.2 Å². The van der Waals surface area contributed by atoms with E-state index in [1.165, 1.54) is 34.5 Å². The van der Waals surface area contributed by atoms with Crippen molar-refractivity contribution in [2.45, 2.75) is 26.8 Å². The number of carbonyl (C=O) groups is 3. The number of thiophene rings is 1. The molecule has 0 aliphatic carbocycles. The number of benzene rings is 1. The van der Waals surface area contributed by atoms with Crippen LogP contribution in [0.15, 0.2) is 52.1 Å². The van der Waals surface area contributed by atoms with Crippen molar-refractivity contribution in [1.29, 1.82) is 0 Å². The van der Waals surface area contributed by atoms with Crippen LogP contribution in [0.5, 0.6) is 0 Å². The Morgan fingerprint density at radius 3 is 2.68 bits per heavy atom. The van der Waals surface area contributed by atoms with E-state index in [0.29, 0.717) is 15.7 Å². The van der Waals surface area contributed by atoms with Crippen LogP contribution in [0.1, 0.15) is 30.0 Å². The molecule has 0 unspecified atom stereocenters. The monoisotopic (exact) mass is 469 g/mol. The van der Waals surface area contributed by atoms with Crippen LogP contribution in [0.4, 0.5) is 15.6 Å². The first-order valence-electron chi connectivity index (χ1n) is 9.59. The molecule has 158 valence electrons. The van der Waals surface area contributed by atoms with E-state index in [-0.39, 0.29) is 23.6 Å². The highest BCUT2D eigenvalue weighted by Gasteiger charge is 2.35. The van der Waals surface area contributed by atoms with Gasteiger partial charge in [-0.3, -0.25) is 24.2 Å². The molecule has 1 saturated heterocycles. The highest BCUT2D eigenvalue weighted by molar-refractivity contribution is 8.18. The number of aryl methyl sites for hydroxylation is 1. The van der Waals surface area contributed by atoms with Gasteiger partial charge in [0.05, 0.1) is 22.8 Å². The summed E-state index contributed by atoms with van der Waals surface area (Å²) in [5.74, 6) is -0.468. The summed E-state index contributed by atoms with van der Waals surface area (Å²) < 4.78 is 0. The van der Waals surface area contributed by atoms with Crippen molar-refractivity contribution < 1.29 is 14.4 Å². The Kier molecular flexibility index (Phi) is 6.35. The summed E-state index contributed by atoms with van der Waals surface area (Å²) in [6, 6.07) is 11.5. The molecule has 0 spiro atoms. The number of carbonyl (C=O) groups excluding carboxylic acids is 3. The van der Waals surface area contributed by atoms with Crippen molar-refractivity contribution in [2.24, 2.45) is 0 Å². The largest absolute Gasteiger partial charge is 0.293 e. The Balaban J connectivity index is 1.56. The Hall–Kier alpha value is -2.75. The van der Waals surface area contributed by atoms with Crippen LogP contribution in [0.3, 0.4) is 0 Å². The summed E-state index contributed by atoms with van der Waals surface area (Å²) in [6.07, 6.45) is 2.52. The number of hydrogen-bond acceptors (Lipinski definition) is 7. The lowest BCUT2D eigenvalue weighted by Crippen LogP contribution is -2.28. The topological polar surface area (TPSA) is 70.6 Å². The summed E-state index contributed by atoms with van der Waals surface area (Å²) in [5.41, 5.74) is 2.41. The van der Waals surface area contributed by atoms with Crippen molar-refractivity contribution in [1.82, 2.24) is 9.88 Å². The highest BCUT2D eigenvalue weighted by Crippen LogP contribution is 2.36. The van der Waals surface area contributed by atoms with Gasteiger partial charge in [0.15, 0.2) is 5.13 Å². The molecule has 1 fully saturated rings. The molecule has 4 rings (SSSR count). The zero-order valence-corrected chi connectivity index (χ0v) is 19.4. The smallest absolute Gasteiger partial charge is 0.274 e. The van der Waals surface area contributed by atoms with Crippen LogP contribution < -0.4 is 4.90 Å². The van der Waals surface area contributed by atoms with Gasteiger partial charge >= 0.3 is 0 Å². The molecule has 0 bridgehead atoms. The number of thioether (sulfide) groups is 1. The highest BCUT2D eigenvalue weighted by atomic mass is 32.2. The Morgan fingerprint density at radius 2 is 1.97 bits per heavy atom. The number of amides is 3. The van der Waals surface area contributed by atoms with Crippen LogP contribution in [0, 0.1) is 0 Å². The van der Waals surface area contributed by atoms with Gasteiger partial charge < -0.3 is 0 Å². The van der Waals surface area contributed by atoms with E-state index >= 15 is 0 Å². The van der Waals surface area contributed by atoms with Gasteiger partial charge in [-0.25, -0.2) is 4.98 Å². The van der Waals surface area contributed by atoms with Gasteiger partial charge in [0.25, 0.3) is 11.1 Å². The van der Waals surface area contributed by atoms with Gasteiger partial charge in [-0.2, -0.15) is 0 Å². The van der Waals surface area contributed by atoms with E-state index in [1.54, 1.807) is 16.4 Å². The van der Waals surface area contributed by atoms with E-state index < -0.39 is 0 Å². The zero-order valence-electron chi connectivity index (χ0n) is 16.9. The van der Waals surface area contributed by atoms with Crippen molar-refractivity contribution in [3.05, 3.63) is 68.2 Å². The fraction of sp³-hybridized carbons (Fsp3) is 0.182. The average Bonchev–Trinajstić information content (AvgIpc) is 3.48. The number of rotatable bonds is 6. The third-order valence-electron chi connectivity index (χ3n) is 4.67. The second-order valence-corrected chi connectivity index (χ2v) is 9.55. The molecule has 0 atom stereocenters. The first-order valence-corrected chi connectivity index (χ1v) is 12.2. The van der Waals surface area contributed by atoms with E-state index in [4.69, 9.17) is 0 Å². The molecule has 31 heavy (non-hydrogen) atoms. The van der Waals surface area contributed by atoms with Gasteiger partial charge in [0.2, 0.25) is 5.91 Å². The van der Waals surface area contributed by atoms with E-state index in [0.717, 1.165) is 34.3 Å². The summed E-state index contributed by atoms with van der Waals surface area (Å²) in [6.45, 7) is 3.61. The van der Waals surface area contributed by atoms with Crippen molar-refractivity contribution >= 4 is 68.4 Å². The third-order valence-corrected chi connectivity index (χ3v) is 7.27. The number of hydrogen-bond donors (Lipinski definition) is 0. The van der Waals surface area contributed by atoms with Crippen LogP contribution in [-0.4, -0.2) is 26.9 Å². The molecule has 0 saturated carbocycles. The predicted molar refractivity (Wildman–Crippen MR) is 127 cm³/mol. The maximum atomic E-state index is 12.7. The lowest BCUT2D eigenvalue weighted by Gasteiger charge is -2.21. The van der Waals surface area contributed by atoms with Gasteiger partial charge in [-0.15, -0.1) is 22.7 Å². The second kappa shape index (κ2) is 9.17. The molecule has 2 aromatic heterocycles. The lowest BCUT2D eigenvalue weighted by molar-refractivity contribution is -0.123. The minimum absolute atomic E-state index is 0.0735. The normalized spacial score (nSPS) is 15.2. The standard InChI is InChI=1S/C22H19N3O3S3/c1-3-15-7-4-5-9-18(15)25(14(2)26)21-23-16(13-30-21)12-24-20(27)19(31-22(24)28)11-17-8-6-10-29-17/h4-11,13H,3,12H2,1-2H3/b19-11-. The molecule has 9 heteroatoms. The number of thiazole rings is 1. The Labute approximate surface area is 192 Å². The third kappa shape index (κ3) is 4.48. The summed E-state index contributed by atoms with van der Waals surface area (Å²) >= 11 is 3.76. The SMILES string of the molecule is CCc1ccccc1N(C(C)=O)c1nc(CN2C(=O)S/C(=C\c3cccs3)C2=O)cs1. The van der Waals surface area contributed by atoms with Gasteiger partial charge in [-0.05, 0) is 47.3 Å². The minimum atomic E-state index is -0.322. The molecule has 0 radical (unpaired) electrons. The quantitative estimate of drug-likeness (QED) is 0.434. The molecular weight excluding hydrogens is 450 g/mol. The van der Waals surface area contributed by atoms with E-state index in [1.807, 2.05) is 48.7 Å². The molecule has 3 heterocycles. The first kappa shape index (κ1) is 21.5. The fourth-order valence-corrected chi connectivity index (χ4v) is 5.64. The van der Waals surface area contributed by atoms with E-state index in [2.05, 4.69) is 4.98 Å². The number of anilines is 2. The molecule has 6 nitrogen and oxygen atoms in total. The molecule has 3 aromatic rings. The van der Waals surface area contributed by atoms with Crippen LogP contribution in [0.25, 0.3) is 6.08 Å².